The van der Waals surface area contributed by atoms with E-state index in [4.69, 9.17) is 24.4 Å². The summed E-state index contributed by atoms with van der Waals surface area (Å²) in [4.78, 5) is 1.98. The number of rotatable bonds is 3. The SMILES string of the molecule is CNC(=S)Nc1ccc(N(C(=S)NC)c2ccccc2)cc1. The third-order valence-electron chi connectivity index (χ3n) is 3.04. The van der Waals surface area contributed by atoms with Gasteiger partial charge in [0.1, 0.15) is 0 Å². The van der Waals surface area contributed by atoms with Gasteiger partial charge in [-0.2, -0.15) is 0 Å². The Balaban J connectivity index is 2.29. The molecule has 2 aromatic carbocycles. The molecule has 0 aliphatic heterocycles. The van der Waals surface area contributed by atoms with Gasteiger partial charge in [-0.3, -0.25) is 4.90 Å². The summed E-state index contributed by atoms with van der Waals surface area (Å²) in [5.41, 5.74) is 2.91. The van der Waals surface area contributed by atoms with Crippen molar-refractivity contribution in [3.63, 3.8) is 0 Å². The van der Waals surface area contributed by atoms with E-state index in [1.54, 1.807) is 7.05 Å². The summed E-state index contributed by atoms with van der Waals surface area (Å²) in [5.74, 6) is 0. The van der Waals surface area contributed by atoms with Crippen LogP contribution in [0.3, 0.4) is 0 Å². The van der Waals surface area contributed by atoms with Gasteiger partial charge < -0.3 is 16.0 Å². The normalized spacial score (nSPS) is 9.73. The van der Waals surface area contributed by atoms with Gasteiger partial charge in [0.25, 0.3) is 0 Å². The number of hydrogen-bond donors (Lipinski definition) is 3. The van der Waals surface area contributed by atoms with Crippen LogP contribution in [-0.2, 0) is 0 Å². The molecule has 0 amide bonds. The number of thiocarbonyl (C=S) groups is 2. The molecule has 0 aromatic heterocycles. The molecule has 2 aromatic rings. The predicted octanol–water partition coefficient (Wildman–Crippen LogP) is 3.25. The first kappa shape index (κ1) is 16.2. The third-order valence-corrected chi connectivity index (χ3v) is 3.73. The lowest BCUT2D eigenvalue weighted by molar-refractivity contribution is 1.15. The highest BCUT2D eigenvalue weighted by atomic mass is 32.1. The maximum atomic E-state index is 5.43. The zero-order valence-corrected chi connectivity index (χ0v) is 14.1. The maximum absolute atomic E-state index is 5.43. The number of benzene rings is 2. The van der Waals surface area contributed by atoms with Crippen molar-refractivity contribution in [1.82, 2.24) is 10.6 Å². The molecular formula is C16H18N4S2. The fourth-order valence-electron chi connectivity index (χ4n) is 1.96. The van der Waals surface area contributed by atoms with Gasteiger partial charge in [-0.05, 0) is 60.8 Å². The van der Waals surface area contributed by atoms with Crippen LogP contribution in [-0.4, -0.2) is 24.3 Å². The minimum Gasteiger partial charge on any atom is -0.366 e. The second-order valence-electron chi connectivity index (χ2n) is 4.48. The molecule has 0 radical (unpaired) electrons. The van der Waals surface area contributed by atoms with E-state index in [0.717, 1.165) is 17.1 Å². The Bertz CT molecular complexity index is 641. The van der Waals surface area contributed by atoms with E-state index in [2.05, 4.69) is 16.0 Å². The summed E-state index contributed by atoms with van der Waals surface area (Å²) in [6.07, 6.45) is 0. The average molecular weight is 330 g/mol. The van der Waals surface area contributed by atoms with E-state index in [9.17, 15) is 0 Å². The first-order valence-corrected chi connectivity index (χ1v) is 7.63. The van der Waals surface area contributed by atoms with Gasteiger partial charge in [0.05, 0.1) is 0 Å². The Hall–Kier alpha value is -2.18. The van der Waals surface area contributed by atoms with Gasteiger partial charge >= 0.3 is 0 Å². The van der Waals surface area contributed by atoms with Gasteiger partial charge in [0.2, 0.25) is 0 Å². The largest absolute Gasteiger partial charge is 0.366 e. The van der Waals surface area contributed by atoms with Crippen LogP contribution in [0.25, 0.3) is 0 Å². The van der Waals surface area contributed by atoms with E-state index in [1.165, 1.54) is 0 Å². The molecule has 4 nitrogen and oxygen atoms in total. The number of para-hydroxylation sites is 1. The first-order valence-electron chi connectivity index (χ1n) is 6.81. The molecule has 22 heavy (non-hydrogen) atoms. The highest BCUT2D eigenvalue weighted by molar-refractivity contribution is 7.80. The van der Waals surface area contributed by atoms with Crippen LogP contribution < -0.4 is 20.9 Å². The number of anilines is 3. The van der Waals surface area contributed by atoms with Gasteiger partial charge in [-0.25, -0.2) is 0 Å². The standard InChI is InChI=1S/C16H18N4S2/c1-17-15(21)19-12-8-10-14(11-9-12)20(16(22)18-2)13-6-4-3-5-7-13/h3-11H,1-2H3,(H,18,22)(H2,17,19,21). The zero-order valence-electron chi connectivity index (χ0n) is 12.5. The molecule has 0 unspecified atom stereocenters. The summed E-state index contributed by atoms with van der Waals surface area (Å²) >= 11 is 10.5. The Labute approximate surface area is 141 Å². The molecule has 114 valence electrons. The Kier molecular flexibility index (Phi) is 5.68. The molecule has 0 spiro atoms. The third kappa shape index (κ3) is 3.93. The zero-order chi connectivity index (χ0) is 15.9. The van der Waals surface area contributed by atoms with Crippen LogP contribution in [0, 0.1) is 0 Å². The summed E-state index contributed by atoms with van der Waals surface area (Å²) in [6, 6.07) is 17.9. The number of nitrogens with one attached hydrogen (secondary N) is 3. The molecule has 0 heterocycles. The summed E-state index contributed by atoms with van der Waals surface area (Å²) in [5, 5.41) is 10.2. The summed E-state index contributed by atoms with van der Waals surface area (Å²) in [7, 11) is 3.60. The van der Waals surface area contributed by atoms with Crippen molar-refractivity contribution in [2.45, 2.75) is 0 Å². The van der Waals surface area contributed by atoms with Crippen LogP contribution >= 0.6 is 24.4 Å². The van der Waals surface area contributed by atoms with E-state index in [-0.39, 0.29) is 0 Å². The Morgan fingerprint density at radius 3 is 1.95 bits per heavy atom. The second kappa shape index (κ2) is 7.72. The monoisotopic (exact) mass is 330 g/mol. The highest BCUT2D eigenvalue weighted by Gasteiger charge is 2.13. The van der Waals surface area contributed by atoms with Crippen LogP contribution in [0.4, 0.5) is 17.1 Å². The van der Waals surface area contributed by atoms with Crippen molar-refractivity contribution in [2.24, 2.45) is 0 Å². The fraction of sp³-hybridized carbons (Fsp3) is 0.125. The molecule has 0 aliphatic rings. The summed E-state index contributed by atoms with van der Waals surface area (Å²) in [6.45, 7) is 0. The lowest BCUT2D eigenvalue weighted by Crippen LogP contribution is -2.34. The fourth-order valence-corrected chi connectivity index (χ4v) is 2.29. The molecular weight excluding hydrogens is 312 g/mol. The highest BCUT2D eigenvalue weighted by Crippen LogP contribution is 2.26. The smallest absolute Gasteiger partial charge is 0.177 e. The first-order chi connectivity index (χ1) is 10.7. The van der Waals surface area contributed by atoms with Crippen molar-refractivity contribution in [3.8, 4) is 0 Å². The quantitative estimate of drug-likeness (QED) is 0.751. The van der Waals surface area contributed by atoms with Crippen LogP contribution in [0.2, 0.25) is 0 Å². The maximum Gasteiger partial charge on any atom is 0.177 e. The molecule has 6 heteroatoms. The molecule has 2 rings (SSSR count). The van der Waals surface area contributed by atoms with E-state index >= 15 is 0 Å². The van der Waals surface area contributed by atoms with Crippen molar-refractivity contribution in [1.29, 1.82) is 0 Å². The summed E-state index contributed by atoms with van der Waals surface area (Å²) < 4.78 is 0. The van der Waals surface area contributed by atoms with E-state index in [0.29, 0.717) is 10.2 Å². The molecule has 3 N–H and O–H groups in total. The van der Waals surface area contributed by atoms with Gasteiger partial charge in [-0.1, -0.05) is 18.2 Å². The molecule has 0 saturated carbocycles. The van der Waals surface area contributed by atoms with Crippen molar-refractivity contribution < 1.29 is 0 Å². The second-order valence-corrected chi connectivity index (χ2v) is 5.27. The lowest BCUT2D eigenvalue weighted by atomic mass is 10.2. The molecule has 0 atom stereocenters. The minimum absolute atomic E-state index is 0.582. The van der Waals surface area contributed by atoms with E-state index in [1.807, 2.05) is 66.5 Å². The molecule has 0 bridgehead atoms. The van der Waals surface area contributed by atoms with Gasteiger partial charge in [0.15, 0.2) is 10.2 Å². The lowest BCUT2D eigenvalue weighted by Gasteiger charge is -2.25. The molecule has 0 aliphatic carbocycles. The topological polar surface area (TPSA) is 39.3 Å². The number of nitrogens with zero attached hydrogens (tertiary/aromatic N) is 1. The van der Waals surface area contributed by atoms with Crippen LogP contribution in [0.15, 0.2) is 54.6 Å². The average Bonchev–Trinajstić information content (AvgIpc) is 2.57. The van der Waals surface area contributed by atoms with Crippen LogP contribution in [0.5, 0.6) is 0 Å². The number of hydrogen-bond acceptors (Lipinski definition) is 2. The van der Waals surface area contributed by atoms with Gasteiger partial charge in [-0.15, -0.1) is 0 Å². The van der Waals surface area contributed by atoms with Gasteiger partial charge in [0, 0.05) is 31.2 Å². The molecule has 0 saturated heterocycles. The van der Waals surface area contributed by atoms with Crippen molar-refractivity contribution in [3.05, 3.63) is 54.6 Å². The Morgan fingerprint density at radius 2 is 1.41 bits per heavy atom. The predicted molar refractivity (Wildman–Crippen MR) is 102 cm³/mol. The van der Waals surface area contributed by atoms with Crippen LogP contribution in [0.1, 0.15) is 0 Å². The molecule has 0 fully saturated rings. The van der Waals surface area contributed by atoms with Crippen molar-refractivity contribution >= 4 is 51.7 Å². The van der Waals surface area contributed by atoms with E-state index < -0.39 is 0 Å². The van der Waals surface area contributed by atoms with Crippen molar-refractivity contribution in [2.75, 3.05) is 24.3 Å². The Morgan fingerprint density at radius 1 is 0.818 bits per heavy atom. The minimum atomic E-state index is 0.582.